The van der Waals surface area contributed by atoms with Gasteiger partial charge in [0.15, 0.2) is 0 Å². The Morgan fingerprint density at radius 1 is 1.37 bits per heavy atom. The van der Waals surface area contributed by atoms with Gasteiger partial charge in [-0.15, -0.1) is 0 Å². The van der Waals surface area contributed by atoms with E-state index < -0.39 is 0 Å². The van der Waals surface area contributed by atoms with Crippen LogP contribution in [0.3, 0.4) is 0 Å². The van der Waals surface area contributed by atoms with Crippen molar-refractivity contribution < 1.29 is 0 Å². The van der Waals surface area contributed by atoms with E-state index in [0.29, 0.717) is 0 Å². The van der Waals surface area contributed by atoms with E-state index in [0.717, 1.165) is 17.4 Å². The van der Waals surface area contributed by atoms with Gasteiger partial charge in [-0.05, 0) is 47.4 Å². The Kier molecular flexibility index (Phi) is 4.71. The van der Waals surface area contributed by atoms with Crippen molar-refractivity contribution >= 4 is 15.9 Å². The average Bonchev–Trinajstić information content (AvgIpc) is 2.70. The number of aryl methyl sites for hydroxylation is 1. The zero-order chi connectivity index (χ0) is 13.8. The maximum absolute atomic E-state index is 4.33. The van der Waals surface area contributed by atoms with Gasteiger partial charge in [0.05, 0.1) is 6.20 Å². The first kappa shape index (κ1) is 14.2. The Morgan fingerprint density at radius 2 is 2.16 bits per heavy atom. The van der Waals surface area contributed by atoms with Crippen LogP contribution in [-0.2, 0) is 13.5 Å². The minimum Gasteiger partial charge on any atom is -0.310 e. The minimum atomic E-state index is 0.273. The lowest BCUT2D eigenvalue weighted by Crippen LogP contribution is -2.23. The summed E-state index contributed by atoms with van der Waals surface area (Å²) in [6.45, 7) is 5.16. The summed E-state index contributed by atoms with van der Waals surface area (Å²) in [7, 11) is 1.97. The first-order valence-corrected chi connectivity index (χ1v) is 7.22. The molecular weight excluding hydrogens is 304 g/mol. The highest BCUT2D eigenvalue weighted by Gasteiger charge is 2.16. The van der Waals surface area contributed by atoms with Crippen molar-refractivity contribution in [3.8, 4) is 0 Å². The van der Waals surface area contributed by atoms with E-state index >= 15 is 0 Å². The maximum atomic E-state index is 4.33. The molecule has 19 heavy (non-hydrogen) atoms. The monoisotopic (exact) mass is 322 g/mol. The zero-order valence-electron chi connectivity index (χ0n) is 11.5. The van der Waals surface area contributed by atoms with E-state index in [2.05, 4.69) is 51.2 Å². The highest BCUT2D eigenvalue weighted by atomic mass is 79.9. The lowest BCUT2D eigenvalue weighted by molar-refractivity contribution is 0.545. The summed E-state index contributed by atoms with van der Waals surface area (Å²) in [5.74, 6) is 0. The molecule has 102 valence electrons. The fourth-order valence-electron chi connectivity index (χ4n) is 2.20. The summed E-state index contributed by atoms with van der Waals surface area (Å²) in [4.78, 5) is 4.22. The van der Waals surface area contributed by atoms with Crippen LogP contribution in [0.15, 0.2) is 29.1 Å². The van der Waals surface area contributed by atoms with Crippen molar-refractivity contribution in [2.45, 2.75) is 26.3 Å². The number of likely N-dealkylation sites (N-methyl/N-ethyl adjacent to an activating group) is 1. The molecule has 0 fully saturated rings. The Bertz CT molecular complexity index is 550. The zero-order valence-corrected chi connectivity index (χ0v) is 13.1. The molecule has 2 aromatic rings. The molecule has 0 radical (unpaired) electrons. The van der Waals surface area contributed by atoms with Gasteiger partial charge in [0.2, 0.25) is 0 Å². The third-order valence-electron chi connectivity index (χ3n) is 3.30. The van der Waals surface area contributed by atoms with Crippen molar-refractivity contribution in [1.82, 2.24) is 20.1 Å². The molecule has 5 heteroatoms. The summed E-state index contributed by atoms with van der Waals surface area (Å²) in [5, 5.41) is 7.85. The number of hydrogen-bond donors (Lipinski definition) is 1. The van der Waals surface area contributed by atoms with Crippen molar-refractivity contribution in [2.24, 2.45) is 7.05 Å². The number of hydrogen-bond acceptors (Lipinski definition) is 3. The van der Waals surface area contributed by atoms with Gasteiger partial charge in [-0.25, -0.2) is 0 Å². The van der Waals surface area contributed by atoms with E-state index in [4.69, 9.17) is 0 Å². The van der Waals surface area contributed by atoms with E-state index in [-0.39, 0.29) is 6.04 Å². The lowest BCUT2D eigenvalue weighted by Gasteiger charge is -2.18. The van der Waals surface area contributed by atoms with Gasteiger partial charge in [0.1, 0.15) is 0 Å². The second-order valence-electron chi connectivity index (χ2n) is 4.63. The van der Waals surface area contributed by atoms with Crippen LogP contribution in [0.5, 0.6) is 0 Å². The number of nitrogens with zero attached hydrogens (tertiary/aromatic N) is 3. The Labute approximate surface area is 122 Å². The van der Waals surface area contributed by atoms with Crippen LogP contribution in [0.2, 0.25) is 0 Å². The molecule has 2 aromatic heterocycles. The molecule has 0 saturated heterocycles. The number of aromatic nitrogens is 3. The summed E-state index contributed by atoms with van der Waals surface area (Å²) >= 11 is 3.47. The van der Waals surface area contributed by atoms with E-state index in [9.17, 15) is 0 Å². The highest BCUT2D eigenvalue weighted by molar-refractivity contribution is 9.10. The quantitative estimate of drug-likeness (QED) is 0.920. The van der Waals surface area contributed by atoms with E-state index in [1.165, 1.54) is 16.8 Å². The smallest absolute Gasteiger partial charge is 0.0540 e. The molecule has 0 saturated carbocycles. The van der Waals surface area contributed by atoms with Gasteiger partial charge in [-0.2, -0.15) is 5.10 Å². The first-order chi connectivity index (χ1) is 9.11. The predicted octanol–water partition coefficient (Wildman–Crippen LogP) is 2.78. The highest BCUT2D eigenvalue weighted by Crippen LogP contribution is 2.22. The van der Waals surface area contributed by atoms with E-state index in [1.807, 2.05) is 24.1 Å². The molecule has 0 spiro atoms. The van der Waals surface area contributed by atoms with Crippen molar-refractivity contribution in [3.05, 3.63) is 46.0 Å². The van der Waals surface area contributed by atoms with E-state index in [1.54, 1.807) is 6.20 Å². The van der Waals surface area contributed by atoms with Gasteiger partial charge >= 0.3 is 0 Å². The third kappa shape index (κ3) is 3.42. The summed E-state index contributed by atoms with van der Waals surface area (Å²) < 4.78 is 2.93. The van der Waals surface area contributed by atoms with Crippen LogP contribution in [0.4, 0.5) is 0 Å². The molecule has 0 aliphatic carbocycles. The molecule has 2 rings (SSSR count). The van der Waals surface area contributed by atoms with Gasteiger partial charge in [0, 0.05) is 41.2 Å². The molecule has 2 heterocycles. The molecule has 0 aromatic carbocycles. The Balaban J connectivity index is 2.23. The van der Waals surface area contributed by atoms with Crippen LogP contribution >= 0.6 is 15.9 Å². The van der Waals surface area contributed by atoms with Crippen LogP contribution < -0.4 is 5.32 Å². The molecule has 0 aliphatic rings. The summed E-state index contributed by atoms with van der Waals surface area (Å²) in [5.41, 5.74) is 3.67. The molecule has 0 amide bonds. The van der Waals surface area contributed by atoms with Crippen LogP contribution in [-0.4, -0.2) is 21.3 Å². The molecular formula is C14H19BrN4. The van der Waals surface area contributed by atoms with Crippen molar-refractivity contribution in [3.63, 3.8) is 0 Å². The first-order valence-electron chi connectivity index (χ1n) is 6.43. The average molecular weight is 323 g/mol. The standard InChI is InChI=1S/C14H19BrN4/c1-4-17-14(13-9-18-19(3)10(13)2)6-11-5-12(15)8-16-7-11/h5,7-9,14,17H,4,6H2,1-3H3. The van der Waals surface area contributed by atoms with Gasteiger partial charge in [-0.3, -0.25) is 9.67 Å². The number of rotatable bonds is 5. The fraction of sp³-hybridized carbons (Fsp3) is 0.429. The summed E-state index contributed by atoms with van der Waals surface area (Å²) in [6.07, 6.45) is 6.59. The van der Waals surface area contributed by atoms with Crippen LogP contribution in [0.25, 0.3) is 0 Å². The number of nitrogens with one attached hydrogen (secondary N) is 1. The van der Waals surface area contributed by atoms with Crippen LogP contribution in [0, 0.1) is 6.92 Å². The third-order valence-corrected chi connectivity index (χ3v) is 3.73. The Morgan fingerprint density at radius 3 is 2.74 bits per heavy atom. The molecule has 4 nitrogen and oxygen atoms in total. The molecule has 1 N–H and O–H groups in total. The van der Waals surface area contributed by atoms with Crippen molar-refractivity contribution in [1.29, 1.82) is 0 Å². The normalized spacial score (nSPS) is 12.6. The number of pyridine rings is 1. The van der Waals surface area contributed by atoms with Gasteiger partial charge < -0.3 is 5.32 Å². The molecule has 1 atom stereocenters. The van der Waals surface area contributed by atoms with Crippen molar-refractivity contribution in [2.75, 3.05) is 6.54 Å². The molecule has 1 unspecified atom stereocenters. The predicted molar refractivity (Wildman–Crippen MR) is 80.0 cm³/mol. The lowest BCUT2D eigenvalue weighted by atomic mass is 10.0. The summed E-state index contributed by atoms with van der Waals surface area (Å²) in [6, 6.07) is 2.39. The number of halogens is 1. The molecule has 0 bridgehead atoms. The maximum Gasteiger partial charge on any atom is 0.0540 e. The second kappa shape index (κ2) is 6.30. The Hall–Kier alpha value is -1.20. The topological polar surface area (TPSA) is 42.7 Å². The molecule has 0 aliphatic heterocycles. The van der Waals surface area contributed by atoms with Crippen LogP contribution in [0.1, 0.15) is 29.8 Å². The fourth-order valence-corrected chi connectivity index (χ4v) is 2.61. The van der Waals surface area contributed by atoms with Gasteiger partial charge in [-0.1, -0.05) is 6.92 Å². The largest absolute Gasteiger partial charge is 0.310 e. The SMILES string of the molecule is CCNC(Cc1cncc(Br)c1)c1cnn(C)c1C. The second-order valence-corrected chi connectivity index (χ2v) is 5.55. The van der Waals surface area contributed by atoms with Gasteiger partial charge in [0.25, 0.3) is 0 Å². The minimum absolute atomic E-state index is 0.273.